The van der Waals surface area contributed by atoms with Crippen LogP contribution in [0, 0.1) is 6.92 Å². The van der Waals surface area contributed by atoms with E-state index >= 15 is 0 Å². The topological polar surface area (TPSA) is 73.4 Å². The number of aromatic nitrogens is 2. The van der Waals surface area contributed by atoms with Crippen LogP contribution in [0.2, 0.25) is 5.02 Å². The summed E-state index contributed by atoms with van der Waals surface area (Å²) >= 11 is 6.12. The van der Waals surface area contributed by atoms with Gasteiger partial charge < -0.3 is 20.4 Å². The second kappa shape index (κ2) is 9.32. The third-order valence-corrected chi connectivity index (χ3v) is 5.82. The average molecular weight is 437 g/mol. The number of nitrogens with zero attached hydrogens (tertiary/aromatic N) is 4. The van der Waals surface area contributed by atoms with Crippen LogP contribution in [-0.4, -0.2) is 54.4 Å². The van der Waals surface area contributed by atoms with Crippen LogP contribution in [-0.2, 0) is 0 Å². The van der Waals surface area contributed by atoms with Crippen molar-refractivity contribution in [2.24, 2.45) is 0 Å². The van der Waals surface area contributed by atoms with Crippen molar-refractivity contribution in [1.82, 2.24) is 15.1 Å². The molecule has 1 aliphatic rings. The Morgan fingerprint density at radius 3 is 2.48 bits per heavy atom. The van der Waals surface area contributed by atoms with Crippen molar-refractivity contribution in [3.8, 4) is 11.3 Å². The Kier molecular flexibility index (Phi) is 6.34. The zero-order chi connectivity index (χ0) is 21.8. The van der Waals surface area contributed by atoms with Crippen molar-refractivity contribution in [2.45, 2.75) is 6.92 Å². The minimum absolute atomic E-state index is 0.334. The van der Waals surface area contributed by atoms with E-state index in [0.717, 1.165) is 48.8 Å². The first-order valence-corrected chi connectivity index (χ1v) is 10.6. The number of urea groups is 1. The highest BCUT2D eigenvalue weighted by molar-refractivity contribution is 6.31. The molecule has 31 heavy (non-hydrogen) atoms. The lowest BCUT2D eigenvalue weighted by Crippen LogP contribution is -2.44. The second-order valence-corrected chi connectivity index (χ2v) is 8.05. The number of rotatable bonds is 4. The molecule has 2 amide bonds. The molecular formula is C23H25ClN6O. The predicted octanol–water partition coefficient (Wildman–Crippen LogP) is 4.50. The van der Waals surface area contributed by atoms with Gasteiger partial charge in [-0.2, -0.15) is 0 Å². The number of piperazine rings is 1. The molecule has 0 aliphatic carbocycles. The van der Waals surface area contributed by atoms with Crippen molar-refractivity contribution < 1.29 is 4.79 Å². The van der Waals surface area contributed by atoms with Gasteiger partial charge in [0.05, 0.1) is 5.69 Å². The summed E-state index contributed by atoms with van der Waals surface area (Å²) < 4.78 is 0. The Morgan fingerprint density at radius 1 is 0.968 bits per heavy atom. The average Bonchev–Trinajstić information content (AvgIpc) is 2.78. The van der Waals surface area contributed by atoms with Gasteiger partial charge in [-0.3, -0.25) is 0 Å². The Bertz CT molecular complexity index is 1060. The lowest BCUT2D eigenvalue weighted by atomic mass is 10.1. The molecule has 1 aromatic heterocycles. The number of carbonyl (C=O) groups excluding carboxylic acids is 1. The van der Waals surface area contributed by atoms with Gasteiger partial charge in [-0.25, -0.2) is 4.79 Å². The van der Waals surface area contributed by atoms with E-state index in [1.54, 1.807) is 12.1 Å². The number of likely N-dealkylation sites (N-methyl/N-ethyl adjacent to an activating group) is 1. The zero-order valence-electron chi connectivity index (χ0n) is 17.6. The first-order chi connectivity index (χ1) is 15.0. The summed E-state index contributed by atoms with van der Waals surface area (Å²) in [6.45, 7) is 5.81. The van der Waals surface area contributed by atoms with Crippen LogP contribution in [0.4, 0.5) is 22.0 Å². The van der Waals surface area contributed by atoms with Crippen LogP contribution >= 0.6 is 11.6 Å². The molecule has 0 atom stereocenters. The van der Waals surface area contributed by atoms with E-state index in [4.69, 9.17) is 11.6 Å². The molecule has 0 radical (unpaired) electrons. The van der Waals surface area contributed by atoms with Crippen molar-refractivity contribution in [2.75, 3.05) is 48.8 Å². The number of hydrogen-bond donors (Lipinski definition) is 2. The Hall–Kier alpha value is -3.16. The van der Waals surface area contributed by atoms with Crippen molar-refractivity contribution >= 4 is 34.8 Å². The summed E-state index contributed by atoms with van der Waals surface area (Å²) in [4.78, 5) is 17.0. The first-order valence-electron chi connectivity index (χ1n) is 10.2. The molecule has 0 spiro atoms. The lowest BCUT2D eigenvalue weighted by molar-refractivity contribution is 0.262. The van der Waals surface area contributed by atoms with Gasteiger partial charge in [-0.05, 0) is 55.9 Å². The molecule has 0 unspecified atom stereocenters. The number of hydrogen-bond acceptors (Lipinski definition) is 5. The molecule has 8 heteroatoms. The number of amides is 2. The normalized spacial score (nSPS) is 14.4. The fraction of sp³-hybridized carbons (Fsp3) is 0.261. The molecule has 3 aromatic rings. The second-order valence-electron chi connectivity index (χ2n) is 7.64. The molecule has 2 heterocycles. The number of carbonyl (C=O) groups is 1. The maximum atomic E-state index is 12.4. The smallest absolute Gasteiger partial charge is 0.323 e. The van der Waals surface area contributed by atoms with Crippen LogP contribution in [0.25, 0.3) is 11.3 Å². The SMILES string of the molecule is Cc1c(Cl)cccc1NC(=O)Nc1cccc(-c2ccc(N3CCN(C)CC3)nn2)c1. The van der Waals surface area contributed by atoms with E-state index in [0.29, 0.717) is 16.4 Å². The third-order valence-electron chi connectivity index (χ3n) is 5.41. The van der Waals surface area contributed by atoms with E-state index in [9.17, 15) is 4.79 Å². The fourth-order valence-electron chi connectivity index (χ4n) is 3.47. The number of halogens is 1. The predicted molar refractivity (Wildman–Crippen MR) is 126 cm³/mol. The van der Waals surface area contributed by atoms with Crippen LogP contribution in [0.5, 0.6) is 0 Å². The molecule has 7 nitrogen and oxygen atoms in total. The molecular weight excluding hydrogens is 412 g/mol. The molecule has 0 saturated carbocycles. The Morgan fingerprint density at radius 2 is 1.74 bits per heavy atom. The maximum Gasteiger partial charge on any atom is 0.323 e. The summed E-state index contributed by atoms with van der Waals surface area (Å²) in [5.74, 6) is 0.891. The van der Waals surface area contributed by atoms with Crippen LogP contribution in [0.3, 0.4) is 0 Å². The largest absolute Gasteiger partial charge is 0.353 e. The van der Waals surface area contributed by atoms with Crippen LogP contribution < -0.4 is 15.5 Å². The van der Waals surface area contributed by atoms with Crippen LogP contribution in [0.1, 0.15) is 5.56 Å². The van der Waals surface area contributed by atoms with Crippen molar-refractivity contribution in [3.05, 3.63) is 65.2 Å². The van der Waals surface area contributed by atoms with Gasteiger partial charge in [0, 0.05) is 48.1 Å². The molecule has 160 valence electrons. The standard InChI is InChI=1S/C23H25ClN6O/c1-16-19(24)7-4-8-20(16)26-23(31)25-18-6-3-5-17(15-18)21-9-10-22(28-27-21)30-13-11-29(2)12-14-30/h3-10,15H,11-14H2,1-2H3,(H2,25,26,31). The molecule has 2 N–H and O–H groups in total. The quantitative estimate of drug-likeness (QED) is 0.629. The van der Waals surface area contributed by atoms with Gasteiger partial charge >= 0.3 is 6.03 Å². The molecule has 1 fully saturated rings. The molecule has 1 aliphatic heterocycles. The van der Waals surface area contributed by atoms with E-state index in [-0.39, 0.29) is 6.03 Å². The number of benzene rings is 2. The van der Waals surface area contributed by atoms with Crippen molar-refractivity contribution in [3.63, 3.8) is 0 Å². The van der Waals surface area contributed by atoms with Gasteiger partial charge in [0.15, 0.2) is 5.82 Å². The van der Waals surface area contributed by atoms with E-state index in [1.165, 1.54) is 0 Å². The van der Waals surface area contributed by atoms with Crippen molar-refractivity contribution in [1.29, 1.82) is 0 Å². The highest BCUT2D eigenvalue weighted by Gasteiger charge is 2.16. The molecule has 2 aromatic carbocycles. The Labute approximate surface area is 187 Å². The summed E-state index contributed by atoms with van der Waals surface area (Å²) in [5, 5.41) is 15.1. The van der Waals surface area contributed by atoms with Gasteiger partial charge in [-0.15, -0.1) is 10.2 Å². The molecule has 1 saturated heterocycles. The minimum atomic E-state index is -0.334. The minimum Gasteiger partial charge on any atom is -0.353 e. The summed E-state index contributed by atoms with van der Waals surface area (Å²) in [6.07, 6.45) is 0. The monoisotopic (exact) mass is 436 g/mol. The highest BCUT2D eigenvalue weighted by Crippen LogP contribution is 2.24. The first kappa shape index (κ1) is 21.1. The van der Waals surface area contributed by atoms with E-state index in [2.05, 4.69) is 37.7 Å². The molecule has 4 rings (SSSR count). The van der Waals surface area contributed by atoms with Gasteiger partial charge in [0.1, 0.15) is 0 Å². The van der Waals surface area contributed by atoms with E-state index in [1.807, 2.05) is 49.4 Å². The Balaban J connectivity index is 1.43. The fourth-order valence-corrected chi connectivity index (χ4v) is 3.64. The highest BCUT2D eigenvalue weighted by atomic mass is 35.5. The maximum absolute atomic E-state index is 12.4. The van der Waals surface area contributed by atoms with Gasteiger partial charge in [-0.1, -0.05) is 29.8 Å². The number of nitrogens with one attached hydrogen (secondary N) is 2. The van der Waals surface area contributed by atoms with Gasteiger partial charge in [0.2, 0.25) is 0 Å². The zero-order valence-corrected chi connectivity index (χ0v) is 18.4. The summed E-state index contributed by atoms with van der Waals surface area (Å²) in [6, 6.07) is 16.6. The van der Waals surface area contributed by atoms with E-state index < -0.39 is 0 Å². The van der Waals surface area contributed by atoms with Gasteiger partial charge in [0.25, 0.3) is 0 Å². The lowest BCUT2D eigenvalue weighted by Gasteiger charge is -2.32. The molecule has 0 bridgehead atoms. The third kappa shape index (κ3) is 5.13. The van der Waals surface area contributed by atoms with Crippen LogP contribution in [0.15, 0.2) is 54.6 Å². The summed E-state index contributed by atoms with van der Waals surface area (Å²) in [5.41, 5.74) is 3.80. The number of anilines is 3. The summed E-state index contributed by atoms with van der Waals surface area (Å²) in [7, 11) is 2.13.